The Bertz CT molecular complexity index is 1020. The molecule has 1 aromatic carbocycles. The summed E-state index contributed by atoms with van der Waals surface area (Å²) in [6.45, 7) is 1.10. The van der Waals surface area contributed by atoms with Crippen LogP contribution in [0.1, 0.15) is 5.56 Å². The van der Waals surface area contributed by atoms with Crippen molar-refractivity contribution in [3.8, 4) is 0 Å². The number of aromatic nitrogens is 4. The van der Waals surface area contributed by atoms with Crippen LogP contribution in [0.5, 0.6) is 0 Å². The number of nitrogens with one attached hydrogen (secondary N) is 2. The van der Waals surface area contributed by atoms with E-state index in [4.69, 9.17) is 34.7 Å². The highest BCUT2D eigenvalue weighted by Gasteiger charge is 2.10. The molecule has 0 saturated carbocycles. The lowest BCUT2D eigenvalue weighted by Crippen LogP contribution is -2.24. The third kappa shape index (κ3) is 4.06. The minimum Gasteiger partial charge on any atom is -0.370 e. The van der Waals surface area contributed by atoms with Gasteiger partial charge in [0.2, 0.25) is 5.95 Å². The maximum absolute atomic E-state index is 12.4. The lowest BCUT2D eigenvalue weighted by atomic mass is 10.2. The molecule has 0 atom stereocenters. The minimum atomic E-state index is -0.311. The van der Waals surface area contributed by atoms with Gasteiger partial charge in [-0.25, -0.2) is 4.98 Å². The molecule has 26 heavy (non-hydrogen) atoms. The zero-order valence-electron chi connectivity index (χ0n) is 13.5. The van der Waals surface area contributed by atoms with Crippen molar-refractivity contribution in [2.24, 2.45) is 16.5 Å². The molecule has 0 aliphatic heterocycles. The molecule has 3 rings (SSSR count). The average Bonchev–Trinajstić information content (AvgIpc) is 2.99. The zero-order valence-corrected chi connectivity index (χ0v) is 15.1. The lowest BCUT2D eigenvalue weighted by molar-refractivity contribution is 0.644. The predicted octanol–water partition coefficient (Wildman–Crippen LogP) is 1.31. The van der Waals surface area contributed by atoms with E-state index in [-0.39, 0.29) is 11.5 Å². The van der Waals surface area contributed by atoms with Crippen LogP contribution in [0.25, 0.3) is 11.0 Å². The molecular formula is C15H16Cl2N8O. The molecule has 6 N–H and O–H groups in total. The van der Waals surface area contributed by atoms with Crippen molar-refractivity contribution in [3.05, 3.63) is 50.4 Å². The zero-order chi connectivity index (χ0) is 18.7. The lowest BCUT2D eigenvalue weighted by Gasteiger charge is -2.07. The van der Waals surface area contributed by atoms with E-state index < -0.39 is 0 Å². The van der Waals surface area contributed by atoms with Crippen molar-refractivity contribution in [3.63, 3.8) is 0 Å². The quantitative estimate of drug-likeness (QED) is 0.367. The molecule has 2 aromatic heterocycles. The Morgan fingerprint density at radius 3 is 2.85 bits per heavy atom. The van der Waals surface area contributed by atoms with Gasteiger partial charge < -0.3 is 16.8 Å². The number of aromatic amines is 1. The van der Waals surface area contributed by atoms with Gasteiger partial charge >= 0.3 is 0 Å². The maximum atomic E-state index is 12.4. The highest BCUT2D eigenvalue weighted by molar-refractivity contribution is 6.42. The summed E-state index contributed by atoms with van der Waals surface area (Å²) in [5, 5.41) is 8.15. The molecular weight excluding hydrogens is 379 g/mol. The molecule has 2 heterocycles. The highest BCUT2D eigenvalue weighted by atomic mass is 35.5. The molecule has 0 bridgehead atoms. The second-order valence-corrected chi connectivity index (χ2v) is 6.24. The molecule has 0 spiro atoms. The van der Waals surface area contributed by atoms with Crippen LogP contribution >= 0.6 is 23.2 Å². The first-order valence-electron chi connectivity index (χ1n) is 7.63. The summed E-state index contributed by atoms with van der Waals surface area (Å²) in [5.41, 5.74) is 12.0. The van der Waals surface area contributed by atoms with Crippen molar-refractivity contribution in [2.75, 3.05) is 11.9 Å². The fourth-order valence-electron chi connectivity index (χ4n) is 2.37. The molecule has 136 valence electrons. The Morgan fingerprint density at radius 2 is 2.12 bits per heavy atom. The molecule has 3 aromatic rings. The summed E-state index contributed by atoms with van der Waals surface area (Å²) in [6.07, 6.45) is 1.52. The Labute approximate surface area is 158 Å². The molecule has 0 radical (unpaired) electrons. The smallest absolute Gasteiger partial charge is 0.278 e. The van der Waals surface area contributed by atoms with E-state index in [1.807, 2.05) is 6.07 Å². The molecule has 0 aliphatic carbocycles. The molecule has 11 heteroatoms. The van der Waals surface area contributed by atoms with Crippen LogP contribution in [0.2, 0.25) is 10.0 Å². The third-order valence-corrected chi connectivity index (χ3v) is 4.29. The van der Waals surface area contributed by atoms with Crippen LogP contribution in [0, 0.1) is 0 Å². The van der Waals surface area contributed by atoms with E-state index in [1.165, 1.54) is 10.9 Å². The van der Waals surface area contributed by atoms with Crippen LogP contribution < -0.4 is 22.3 Å². The van der Waals surface area contributed by atoms with Crippen molar-refractivity contribution < 1.29 is 0 Å². The predicted molar refractivity (Wildman–Crippen MR) is 103 cm³/mol. The molecule has 9 nitrogen and oxygen atoms in total. The van der Waals surface area contributed by atoms with Crippen LogP contribution in [-0.2, 0) is 13.1 Å². The first-order chi connectivity index (χ1) is 12.4. The van der Waals surface area contributed by atoms with Gasteiger partial charge in [-0.1, -0.05) is 29.3 Å². The second-order valence-electron chi connectivity index (χ2n) is 5.42. The number of benzene rings is 1. The maximum Gasteiger partial charge on any atom is 0.278 e. The summed E-state index contributed by atoms with van der Waals surface area (Å²) in [4.78, 5) is 23.3. The Kier molecular flexibility index (Phi) is 5.29. The fourth-order valence-corrected chi connectivity index (χ4v) is 2.69. The fraction of sp³-hybridized carbons (Fsp3) is 0.200. The van der Waals surface area contributed by atoms with E-state index in [0.717, 1.165) is 5.56 Å². The molecule has 0 unspecified atom stereocenters. The number of hydrogen-bond acceptors (Lipinski definition) is 5. The van der Waals surface area contributed by atoms with Gasteiger partial charge in [0, 0.05) is 6.54 Å². The summed E-state index contributed by atoms with van der Waals surface area (Å²) in [6, 6.07) is 5.29. The van der Waals surface area contributed by atoms with E-state index in [0.29, 0.717) is 46.7 Å². The molecule has 0 aliphatic rings. The number of rotatable bonds is 6. The largest absolute Gasteiger partial charge is 0.370 e. The number of hydrogen-bond donors (Lipinski definition) is 4. The van der Waals surface area contributed by atoms with E-state index in [2.05, 4.69) is 25.4 Å². The minimum absolute atomic E-state index is 0.0118. The average molecular weight is 395 g/mol. The first-order valence-corrected chi connectivity index (χ1v) is 8.38. The third-order valence-electron chi connectivity index (χ3n) is 3.55. The van der Waals surface area contributed by atoms with Gasteiger partial charge in [-0.3, -0.25) is 19.5 Å². The van der Waals surface area contributed by atoms with Crippen LogP contribution in [0.4, 0.5) is 5.95 Å². The van der Waals surface area contributed by atoms with E-state index in [1.54, 1.807) is 12.1 Å². The first kappa shape index (κ1) is 18.0. The normalized spacial score (nSPS) is 10.8. The highest BCUT2D eigenvalue weighted by Crippen LogP contribution is 2.22. The summed E-state index contributed by atoms with van der Waals surface area (Å²) in [5.74, 6) is 0.319. The summed E-state index contributed by atoms with van der Waals surface area (Å²) in [7, 11) is 0. The van der Waals surface area contributed by atoms with Gasteiger partial charge in [-0.05, 0) is 17.7 Å². The molecule has 0 amide bonds. The van der Waals surface area contributed by atoms with Gasteiger partial charge in [-0.2, -0.15) is 5.10 Å². The number of nitrogens with zero attached hydrogens (tertiary/aromatic N) is 4. The summed E-state index contributed by atoms with van der Waals surface area (Å²) < 4.78 is 1.51. The van der Waals surface area contributed by atoms with Gasteiger partial charge in [0.15, 0.2) is 11.5 Å². The molecule has 0 fully saturated rings. The Hall–Kier alpha value is -2.78. The molecule has 0 saturated heterocycles. The van der Waals surface area contributed by atoms with Crippen molar-refractivity contribution in [2.45, 2.75) is 13.1 Å². The summed E-state index contributed by atoms with van der Waals surface area (Å²) >= 11 is 11.9. The van der Waals surface area contributed by atoms with Gasteiger partial charge in [0.1, 0.15) is 5.52 Å². The van der Waals surface area contributed by atoms with Crippen molar-refractivity contribution in [1.82, 2.24) is 19.7 Å². The van der Waals surface area contributed by atoms with Crippen molar-refractivity contribution >= 4 is 46.1 Å². The van der Waals surface area contributed by atoms with Gasteiger partial charge in [-0.15, -0.1) is 0 Å². The number of anilines is 1. The van der Waals surface area contributed by atoms with Gasteiger partial charge in [0.25, 0.3) is 5.56 Å². The number of fused-ring (bicyclic) bond motifs is 1. The van der Waals surface area contributed by atoms with E-state index >= 15 is 0 Å². The topological polar surface area (TPSA) is 140 Å². The SMILES string of the molecule is NC(N)=NCCn1ncc2nc(NCc3ccc(Cl)c(Cl)c3)[nH]c(=O)c21. The Morgan fingerprint density at radius 1 is 1.31 bits per heavy atom. The van der Waals surface area contributed by atoms with E-state index in [9.17, 15) is 4.79 Å². The van der Waals surface area contributed by atoms with Crippen LogP contribution in [0.15, 0.2) is 34.2 Å². The van der Waals surface area contributed by atoms with Crippen molar-refractivity contribution in [1.29, 1.82) is 0 Å². The van der Waals surface area contributed by atoms with Crippen LogP contribution in [-0.4, -0.2) is 32.3 Å². The number of guanidine groups is 1. The standard InChI is InChI=1S/C15H16Cl2N8O/c16-9-2-1-8(5-10(9)17)6-21-15-23-11-7-22-25(4-3-20-14(18)19)12(11)13(26)24-15/h1-2,5,7H,3-4,6H2,(H4,18,19,20)(H2,21,23,24,26). The number of halogens is 2. The second kappa shape index (κ2) is 7.63. The monoisotopic (exact) mass is 394 g/mol. The number of aliphatic imine (C=N–C) groups is 1. The van der Waals surface area contributed by atoms with Crippen LogP contribution in [0.3, 0.4) is 0 Å². The Balaban J connectivity index is 1.77. The van der Waals surface area contributed by atoms with Gasteiger partial charge in [0.05, 0.1) is 29.3 Å². The number of nitrogens with two attached hydrogens (primary N) is 2. The number of H-pyrrole nitrogens is 1.